The molecular weight excluding hydrogens is 198 g/mol. The molecule has 0 radical (unpaired) electrons. The van der Waals surface area contributed by atoms with E-state index in [1.807, 2.05) is 0 Å². The number of aliphatic imine (C=N–C) groups is 1. The fourth-order valence-corrected chi connectivity index (χ4v) is 5.15. The predicted molar refractivity (Wildman–Crippen MR) is 65.5 cm³/mol. The minimum absolute atomic E-state index is 0.0497. The van der Waals surface area contributed by atoms with Crippen molar-refractivity contribution < 1.29 is 4.74 Å². The summed E-state index contributed by atoms with van der Waals surface area (Å²) in [6.07, 6.45) is 0. The van der Waals surface area contributed by atoms with Gasteiger partial charge in [-0.2, -0.15) is 0 Å². The van der Waals surface area contributed by atoms with Crippen LogP contribution in [0.4, 0.5) is 0 Å². The predicted octanol–water partition coefficient (Wildman–Crippen LogP) is 3.19. The molecule has 0 aromatic carbocycles. The van der Waals surface area contributed by atoms with Gasteiger partial charge in [0.15, 0.2) is 5.90 Å². The van der Waals surface area contributed by atoms with E-state index in [1.165, 1.54) is 11.1 Å². The van der Waals surface area contributed by atoms with Gasteiger partial charge in [0, 0.05) is 10.8 Å². The van der Waals surface area contributed by atoms with Crippen molar-refractivity contribution in [2.75, 3.05) is 7.11 Å². The van der Waals surface area contributed by atoms with Crippen molar-refractivity contribution in [2.24, 2.45) is 21.2 Å². The van der Waals surface area contributed by atoms with Gasteiger partial charge in [0.05, 0.1) is 18.1 Å². The third-order valence-electron chi connectivity index (χ3n) is 6.90. The maximum absolute atomic E-state index is 5.56. The minimum atomic E-state index is -0.0497. The van der Waals surface area contributed by atoms with E-state index in [-0.39, 0.29) is 21.8 Å². The maximum atomic E-state index is 5.56. The lowest BCUT2D eigenvalue weighted by atomic mass is 9.78. The number of nitrogens with zero attached hydrogens (tertiary/aromatic N) is 1. The Labute approximate surface area is 97.8 Å². The Morgan fingerprint density at radius 1 is 0.938 bits per heavy atom. The molecule has 2 aliphatic carbocycles. The third kappa shape index (κ3) is 0.509. The fourth-order valence-electron chi connectivity index (χ4n) is 5.15. The first kappa shape index (κ1) is 10.4. The second-order valence-electron chi connectivity index (χ2n) is 6.32. The molecule has 0 aromatic heterocycles. The average molecular weight is 219 g/mol. The molecule has 0 aromatic rings. The molecule has 1 heterocycles. The quantitative estimate of drug-likeness (QED) is 0.573. The van der Waals surface area contributed by atoms with Crippen molar-refractivity contribution in [1.29, 1.82) is 0 Å². The van der Waals surface area contributed by atoms with E-state index in [2.05, 4.69) is 41.5 Å². The van der Waals surface area contributed by atoms with Gasteiger partial charge in [-0.1, -0.05) is 19.4 Å². The molecule has 1 aliphatic heterocycles. The van der Waals surface area contributed by atoms with E-state index in [0.29, 0.717) is 0 Å². The van der Waals surface area contributed by atoms with E-state index in [4.69, 9.17) is 9.73 Å². The Balaban J connectivity index is 2.34. The molecule has 2 heteroatoms. The normalized spacial score (nSPS) is 57.6. The monoisotopic (exact) mass is 219 g/mol. The molecular formula is C14H21NO. The highest BCUT2D eigenvalue weighted by Gasteiger charge is 2.94. The van der Waals surface area contributed by atoms with Crippen LogP contribution in [0.3, 0.4) is 0 Å². The van der Waals surface area contributed by atoms with Crippen molar-refractivity contribution in [3.63, 3.8) is 0 Å². The Hall–Kier alpha value is -0.790. The molecule has 88 valence electrons. The molecule has 0 amide bonds. The number of hydrogen-bond acceptors (Lipinski definition) is 2. The zero-order valence-corrected chi connectivity index (χ0v) is 11.4. The van der Waals surface area contributed by atoms with Gasteiger partial charge < -0.3 is 4.74 Å². The number of fused-ring (bicyclic) bond motifs is 1. The van der Waals surface area contributed by atoms with Crippen molar-refractivity contribution >= 4 is 5.90 Å². The Bertz CT molecular complexity index is 477. The highest BCUT2D eigenvalue weighted by atomic mass is 16.5. The van der Waals surface area contributed by atoms with E-state index in [1.54, 1.807) is 7.11 Å². The molecule has 3 rings (SSSR count). The molecule has 1 fully saturated rings. The third-order valence-corrected chi connectivity index (χ3v) is 6.90. The first-order valence-electron chi connectivity index (χ1n) is 6.06. The lowest BCUT2D eigenvalue weighted by Crippen LogP contribution is -2.32. The zero-order valence-electron chi connectivity index (χ0n) is 11.4. The number of methoxy groups -OCH3 is 1. The molecule has 0 N–H and O–H groups in total. The summed E-state index contributed by atoms with van der Waals surface area (Å²) in [5, 5.41) is 0. The van der Waals surface area contributed by atoms with Gasteiger partial charge in [-0.25, -0.2) is 4.99 Å². The minimum Gasteiger partial charge on any atom is -0.484 e. The van der Waals surface area contributed by atoms with Crippen LogP contribution in [0, 0.1) is 16.2 Å². The van der Waals surface area contributed by atoms with Crippen molar-refractivity contribution in [3.05, 3.63) is 11.1 Å². The summed E-state index contributed by atoms with van der Waals surface area (Å²) in [6.45, 7) is 13.9. The Morgan fingerprint density at radius 2 is 1.50 bits per heavy atom. The highest BCUT2D eigenvalue weighted by molar-refractivity contribution is 5.96. The highest BCUT2D eigenvalue weighted by Crippen LogP contribution is 2.92. The first-order chi connectivity index (χ1) is 7.23. The summed E-state index contributed by atoms with van der Waals surface area (Å²) in [6, 6.07) is 0. The van der Waals surface area contributed by atoms with Crippen LogP contribution in [-0.2, 0) is 4.74 Å². The van der Waals surface area contributed by atoms with Gasteiger partial charge in [0.25, 0.3) is 0 Å². The van der Waals surface area contributed by atoms with Gasteiger partial charge in [-0.05, 0) is 33.3 Å². The Kier molecular flexibility index (Phi) is 1.37. The van der Waals surface area contributed by atoms with Gasteiger partial charge in [-0.3, -0.25) is 0 Å². The zero-order chi connectivity index (χ0) is 12.1. The molecule has 4 atom stereocenters. The summed E-state index contributed by atoms with van der Waals surface area (Å²) in [7, 11) is 1.75. The van der Waals surface area contributed by atoms with Crippen LogP contribution in [0.25, 0.3) is 0 Å². The van der Waals surface area contributed by atoms with Crippen LogP contribution >= 0.6 is 0 Å². The summed E-state index contributed by atoms with van der Waals surface area (Å²) in [4.78, 5) is 4.89. The smallest absolute Gasteiger partial charge is 0.191 e. The van der Waals surface area contributed by atoms with Crippen LogP contribution in [0.1, 0.15) is 41.5 Å². The standard InChI is InChI=1S/C14H21NO/c1-8-9(2)13(5)14(6)11(8,3)12(14,4)10(15-13)16-7/h1-7H3/t11-,12+,13-,14+/m1/s1. The largest absolute Gasteiger partial charge is 0.484 e. The number of hydrogen-bond donors (Lipinski definition) is 0. The summed E-state index contributed by atoms with van der Waals surface area (Å²) >= 11 is 0. The van der Waals surface area contributed by atoms with Crippen LogP contribution in [-0.4, -0.2) is 18.5 Å². The summed E-state index contributed by atoms with van der Waals surface area (Å²) in [5.74, 6) is 0.955. The van der Waals surface area contributed by atoms with E-state index >= 15 is 0 Å². The maximum Gasteiger partial charge on any atom is 0.191 e. The van der Waals surface area contributed by atoms with E-state index in [9.17, 15) is 0 Å². The Morgan fingerprint density at radius 3 is 1.88 bits per heavy atom. The van der Waals surface area contributed by atoms with E-state index in [0.717, 1.165) is 5.90 Å². The second-order valence-corrected chi connectivity index (χ2v) is 6.32. The lowest BCUT2D eigenvalue weighted by molar-refractivity contribution is 0.317. The van der Waals surface area contributed by atoms with Crippen molar-refractivity contribution in [2.45, 2.75) is 47.1 Å². The second kappa shape index (κ2) is 2.12. The number of rotatable bonds is 0. The van der Waals surface area contributed by atoms with Crippen molar-refractivity contribution in [3.8, 4) is 0 Å². The summed E-state index contributed by atoms with van der Waals surface area (Å²) < 4.78 is 5.56. The molecule has 0 bridgehead atoms. The molecule has 3 aliphatic rings. The lowest BCUT2D eigenvalue weighted by Gasteiger charge is -2.28. The van der Waals surface area contributed by atoms with Crippen LogP contribution < -0.4 is 0 Å². The summed E-state index contributed by atoms with van der Waals surface area (Å²) in [5.41, 5.74) is 3.48. The average Bonchev–Trinajstić information content (AvgIpc) is 2.53. The first-order valence-corrected chi connectivity index (χ1v) is 6.06. The number of allylic oxidation sites excluding steroid dienone is 1. The van der Waals surface area contributed by atoms with Crippen molar-refractivity contribution in [1.82, 2.24) is 0 Å². The van der Waals surface area contributed by atoms with Gasteiger partial charge >= 0.3 is 0 Å². The molecule has 0 saturated heterocycles. The van der Waals surface area contributed by atoms with E-state index < -0.39 is 0 Å². The molecule has 16 heavy (non-hydrogen) atoms. The van der Waals surface area contributed by atoms with Crippen LogP contribution in [0.15, 0.2) is 16.1 Å². The number of ether oxygens (including phenoxy) is 1. The van der Waals surface area contributed by atoms with Gasteiger partial charge in [0.2, 0.25) is 0 Å². The van der Waals surface area contributed by atoms with Crippen LogP contribution in [0.5, 0.6) is 0 Å². The molecule has 0 unspecified atom stereocenters. The molecule has 2 nitrogen and oxygen atoms in total. The SMILES string of the molecule is COC1=N[C@]2(C)C(C)=C(C)[C@]3(C)[C@@]1(C)[C@]32C. The molecule has 1 saturated carbocycles. The fraction of sp³-hybridized carbons (Fsp3) is 0.786. The van der Waals surface area contributed by atoms with Gasteiger partial charge in [-0.15, -0.1) is 0 Å². The topological polar surface area (TPSA) is 21.6 Å². The van der Waals surface area contributed by atoms with Gasteiger partial charge in [0.1, 0.15) is 0 Å². The van der Waals surface area contributed by atoms with Crippen LogP contribution in [0.2, 0.25) is 0 Å². The molecule has 0 spiro atoms.